The van der Waals surface area contributed by atoms with Crippen LogP contribution in [0.25, 0.3) is 0 Å². The van der Waals surface area contributed by atoms with Gasteiger partial charge in [0.15, 0.2) is 0 Å². The van der Waals surface area contributed by atoms with Gasteiger partial charge in [0.2, 0.25) is 0 Å². The van der Waals surface area contributed by atoms with Crippen molar-refractivity contribution in [2.24, 2.45) is 0 Å². The van der Waals surface area contributed by atoms with Crippen LogP contribution in [0.5, 0.6) is 5.75 Å². The number of rotatable bonds is 5. The number of hydrogen-bond acceptors (Lipinski definition) is 2. The average molecular weight is 313 g/mol. The van der Waals surface area contributed by atoms with E-state index in [1.54, 1.807) is 0 Å². The lowest BCUT2D eigenvalue weighted by Crippen LogP contribution is -2.23. The number of carbonyl (C=O) groups is 1. The molecule has 3 nitrogen and oxygen atoms in total. The molecule has 2 rings (SSSR count). The molecule has 0 heterocycles. The van der Waals surface area contributed by atoms with E-state index in [0.717, 1.165) is 28.6 Å². The first-order valence-electron chi connectivity index (χ1n) is 6.07. The summed E-state index contributed by atoms with van der Waals surface area (Å²) in [5, 5.41) is 9.01. The van der Waals surface area contributed by atoms with E-state index >= 15 is 0 Å². The Morgan fingerprint density at radius 3 is 2.72 bits per heavy atom. The van der Waals surface area contributed by atoms with E-state index in [4.69, 9.17) is 9.84 Å². The Hall–Kier alpha value is -1.03. The van der Waals surface area contributed by atoms with Crippen molar-refractivity contribution in [3.05, 3.63) is 28.2 Å². The Labute approximate surface area is 115 Å². The highest BCUT2D eigenvalue weighted by atomic mass is 79.9. The minimum absolute atomic E-state index is 0.0878. The van der Waals surface area contributed by atoms with Gasteiger partial charge in [-0.3, -0.25) is 4.79 Å². The molecule has 1 aliphatic carbocycles. The fourth-order valence-electron chi connectivity index (χ4n) is 1.97. The molecule has 0 radical (unpaired) electrons. The summed E-state index contributed by atoms with van der Waals surface area (Å²) in [4.78, 5) is 11.0. The molecule has 0 bridgehead atoms. The van der Waals surface area contributed by atoms with Crippen molar-refractivity contribution in [2.45, 2.75) is 44.6 Å². The van der Waals surface area contributed by atoms with Gasteiger partial charge in [-0.2, -0.15) is 0 Å². The summed E-state index contributed by atoms with van der Waals surface area (Å²) in [5.74, 6) is 0.0179. The Kier molecular flexibility index (Phi) is 3.66. The molecular weight excluding hydrogens is 296 g/mol. The second-order valence-electron chi connectivity index (χ2n) is 5.41. The highest BCUT2D eigenvalue weighted by Gasteiger charge is 2.30. The van der Waals surface area contributed by atoms with E-state index in [0.29, 0.717) is 6.10 Å². The SMILES string of the molecule is CC(C)(CC(=O)O)c1cc(Br)ccc1OC1CC1. The maximum atomic E-state index is 11.0. The van der Waals surface area contributed by atoms with Gasteiger partial charge < -0.3 is 9.84 Å². The number of ether oxygens (including phenoxy) is 1. The van der Waals surface area contributed by atoms with Crippen LogP contribution in [0.15, 0.2) is 22.7 Å². The van der Waals surface area contributed by atoms with E-state index in [9.17, 15) is 4.79 Å². The zero-order chi connectivity index (χ0) is 13.3. The quantitative estimate of drug-likeness (QED) is 0.900. The Morgan fingerprint density at radius 2 is 2.17 bits per heavy atom. The molecule has 4 heteroatoms. The first-order chi connectivity index (χ1) is 8.38. The van der Waals surface area contributed by atoms with Gasteiger partial charge in [-0.25, -0.2) is 0 Å². The van der Waals surface area contributed by atoms with Crippen LogP contribution in [0.4, 0.5) is 0 Å². The highest BCUT2D eigenvalue weighted by molar-refractivity contribution is 9.10. The smallest absolute Gasteiger partial charge is 0.304 e. The van der Waals surface area contributed by atoms with E-state index in [1.165, 1.54) is 0 Å². The number of carboxylic acid groups (broad SMARTS) is 1. The second-order valence-corrected chi connectivity index (χ2v) is 6.33. The van der Waals surface area contributed by atoms with Crippen LogP contribution in [0, 0.1) is 0 Å². The van der Waals surface area contributed by atoms with Crippen molar-refractivity contribution in [2.75, 3.05) is 0 Å². The van der Waals surface area contributed by atoms with Gasteiger partial charge in [-0.1, -0.05) is 29.8 Å². The number of aliphatic carboxylic acids is 1. The van der Waals surface area contributed by atoms with Crippen molar-refractivity contribution in [1.29, 1.82) is 0 Å². The van der Waals surface area contributed by atoms with Crippen LogP contribution in [-0.4, -0.2) is 17.2 Å². The highest BCUT2D eigenvalue weighted by Crippen LogP contribution is 2.38. The van der Waals surface area contributed by atoms with Gasteiger partial charge >= 0.3 is 5.97 Å². The van der Waals surface area contributed by atoms with Crippen LogP contribution in [0.1, 0.15) is 38.7 Å². The molecule has 1 fully saturated rings. The topological polar surface area (TPSA) is 46.5 Å². The molecule has 98 valence electrons. The molecule has 1 saturated carbocycles. The van der Waals surface area contributed by atoms with Crippen LogP contribution in [0.3, 0.4) is 0 Å². The summed E-state index contributed by atoms with van der Waals surface area (Å²) in [6.07, 6.45) is 2.58. The van der Waals surface area contributed by atoms with Gasteiger partial charge in [0, 0.05) is 15.5 Å². The van der Waals surface area contributed by atoms with Crippen molar-refractivity contribution in [1.82, 2.24) is 0 Å². The maximum Gasteiger partial charge on any atom is 0.304 e. The van der Waals surface area contributed by atoms with Crippen molar-refractivity contribution < 1.29 is 14.6 Å². The predicted octanol–water partition coefficient (Wildman–Crippen LogP) is 3.74. The lowest BCUT2D eigenvalue weighted by Gasteiger charge is -2.26. The third kappa shape index (κ3) is 3.25. The molecule has 0 aliphatic heterocycles. The van der Waals surface area contributed by atoms with Gasteiger partial charge in [0.1, 0.15) is 5.75 Å². The molecule has 1 N–H and O–H groups in total. The number of halogens is 1. The predicted molar refractivity (Wildman–Crippen MR) is 73.1 cm³/mol. The minimum atomic E-state index is -0.794. The van der Waals surface area contributed by atoms with Crippen molar-refractivity contribution >= 4 is 21.9 Å². The molecule has 0 unspecified atom stereocenters. The normalized spacial score (nSPS) is 15.5. The zero-order valence-electron chi connectivity index (χ0n) is 10.6. The standard InChI is InChI=1S/C14H17BrO3/c1-14(2,8-13(16)17)11-7-9(15)3-6-12(11)18-10-4-5-10/h3,6-7,10H,4-5,8H2,1-2H3,(H,16,17). The summed E-state index contributed by atoms with van der Waals surface area (Å²) in [6.45, 7) is 3.87. The molecular formula is C14H17BrO3. The lowest BCUT2D eigenvalue weighted by atomic mass is 9.81. The van der Waals surface area contributed by atoms with Crippen LogP contribution < -0.4 is 4.74 Å². The van der Waals surface area contributed by atoms with Crippen molar-refractivity contribution in [3.8, 4) is 5.75 Å². The van der Waals surface area contributed by atoms with Crippen LogP contribution in [-0.2, 0) is 10.2 Å². The monoisotopic (exact) mass is 312 g/mol. The van der Waals surface area contributed by atoms with Crippen molar-refractivity contribution in [3.63, 3.8) is 0 Å². The third-order valence-corrected chi connectivity index (χ3v) is 3.58. The van der Waals surface area contributed by atoms with E-state index in [-0.39, 0.29) is 6.42 Å². The Morgan fingerprint density at radius 1 is 1.50 bits per heavy atom. The molecule has 1 aromatic carbocycles. The maximum absolute atomic E-state index is 11.0. The van der Waals surface area contributed by atoms with Crippen LogP contribution in [0.2, 0.25) is 0 Å². The fourth-order valence-corrected chi connectivity index (χ4v) is 2.33. The summed E-state index contributed by atoms with van der Waals surface area (Å²) in [7, 11) is 0. The van der Waals surface area contributed by atoms with E-state index < -0.39 is 11.4 Å². The summed E-state index contributed by atoms with van der Waals surface area (Å²) in [5.41, 5.74) is 0.506. The zero-order valence-corrected chi connectivity index (χ0v) is 12.2. The Bertz CT molecular complexity index is 464. The number of benzene rings is 1. The van der Waals surface area contributed by atoms with Crippen LogP contribution >= 0.6 is 15.9 Å². The van der Waals surface area contributed by atoms with Gasteiger partial charge in [-0.15, -0.1) is 0 Å². The number of hydrogen-bond donors (Lipinski definition) is 1. The minimum Gasteiger partial charge on any atom is -0.490 e. The molecule has 0 atom stereocenters. The second kappa shape index (κ2) is 4.92. The molecule has 0 aromatic heterocycles. The van der Waals surface area contributed by atoms with Gasteiger partial charge in [0.05, 0.1) is 12.5 Å². The Balaban J connectivity index is 2.33. The summed E-state index contributed by atoms with van der Waals surface area (Å²) >= 11 is 3.43. The average Bonchev–Trinajstić information content (AvgIpc) is 3.02. The number of carboxylic acids is 1. The summed E-state index contributed by atoms with van der Waals surface area (Å²) < 4.78 is 6.81. The van der Waals surface area contributed by atoms with E-state index in [2.05, 4.69) is 15.9 Å². The summed E-state index contributed by atoms with van der Waals surface area (Å²) in [6, 6.07) is 5.81. The van der Waals surface area contributed by atoms with Gasteiger partial charge in [0.25, 0.3) is 0 Å². The van der Waals surface area contributed by atoms with E-state index in [1.807, 2.05) is 32.0 Å². The molecule has 18 heavy (non-hydrogen) atoms. The lowest BCUT2D eigenvalue weighted by molar-refractivity contribution is -0.138. The molecule has 1 aromatic rings. The first-order valence-corrected chi connectivity index (χ1v) is 6.86. The first kappa shape index (κ1) is 13.4. The molecule has 0 saturated heterocycles. The van der Waals surface area contributed by atoms with Gasteiger partial charge in [-0.05, 0) is 31.0 Å². The molecule has 0 amide bonds. The third-order valence-electron chi connectivity index (χ3n) is 3.08. The molecule has 1 aliphatic rings. The largest absolute Gasteiger partial charge is 0.490 e. The molecule has 0 spiro atoms. The fraction of sp³-hybridized carbons (Fsp3) is 0.500.